The van der Waals surface area contributed by atoms with Gasteiger partial charge in [-0.05, 0) is 54.0 Å². The summed E-state index contributed by atoms with van der Waals surface area (Å²) in [5, 5.41) is 7.46. The Morgan fingerprint density at radius 1 is 1.16 bits per heavy atom. The number of fused-ring (bicyclic) bond motifs is 1. The Morgan fingerprint density at radius 3 is 2.92 bits per heavy atom. The van der Waals surface area contributed by atoms with E-state index in [-0.39, 0.29) is 12.7 Å². The average molecular weight is 370 g/mol. The Hall–Kier alpha value is -2.38. The van der Waals surface area contributed by atoms with Gasteiger partial charge in [0.1, 0.15) is 0 Å². The molecule has 7 heteroatoms. The van der Waals surface area contributed by atoms with Crippen LogP contribution in [0.5, 0.6) is 11.5 Å². The lowest BCUT2D eigenvalue weighted by Gasteiger charge is -2.02. The summed E-state index contributed by atoms with van der Waals surface area (Å²) in [6.07, 6.45) is 2.37. The van der Waals surface area contributed by atoms with Crippen molar-refractivity contribution in [1.82, 2.24) is 4.98 Å². The highest BCUT2D eigenvalue weighted by Crippen LogP contribution is 2.43. The van der Waals surface area contributed by atoms with E-state index in [9.17, 15) is 4.79 Å². The molecule has 1 amide bonds. The number of ether oxygens (including phenoxy) is 2. The van der Waals surface area contributed by atoms with Gasteiger partial charge in [-0.1, -0.05) is 0 Å². The third-order valence-corrected chi connectivity index (χ3v) is 6.00. The molecule has 1 N–H and O–H groups in total. The summed E-state index contributed by atoms with van der Waals surface area (Å²) in [4.78, 5) is 17.9. The van der Waals surface area contributed by atoms with Crippen molar-refractivity contribution in [3.63, 3.8) is 0 Å². The van der Waals surface area contributed by atoms with Crippen LogP contribution in [0.1, 0.15) is 34.0 Å². The molecule has 3 heterocycles. The summed E-state index contributed by atoms with van der Waals surface area (Å²) in [5.41, 5.74) is 2.93. The third-order valence-electron chi connectivity index (χ3n) is 4.31. The molecular formula is C18H14N2O3S2. The van der Waals surface area contributed by atoms with E-state index >= 15 is 0 Å². The first-order valence-corrected chi connectivity index (χ1v) is 9.78. The first kappa shape index (κ1) is 14.9. The summed E-state index contributed by atoms with van der Waals surface area (Å²) >= 11 is 2.92. The summed E-state index contributed by atoms with van der Waals surface area (Å²) in [6.45, 7) is 0.251. The lowest BCUT2D eigenvalue weighted by atomic mass is 10.1. The van der Waals surface area contributed by atoms with Crippen molar-refractivity contribution in [3.8, 4) is 22.8 Å². The first-order chi connectivity index (χ1) is 12.3. The molecule has 0 spiro atoms. The molecule has 2 aliphatic rings. The highest BCUT2D eigenvalue weighted by molar-refractivity contribution is 7.14. The second kappa shape index (κ2) is 5.86. The molecule has 2 aromatic heterocycles. The summed E-state index contributed by atoms with van der Waals surface area (Å²) in [5.74, 6) is 1.97. The van der Waals surface area contributed by atoms with Crippen LogP contribution in [0.15, 0.2) is 35.0 Å². The maximum atomic E-state index is 12.6. The van der Waals surface area contributed by atoms with Crippen molar-refractivity contribution >= 4 is 33.7 Å². The zero-order chi connectivity index (χ0) is 16.8. The van der Waals surface area contributed by atoms with E-state index in [0.717, 1.165) is 27.6 Å². The Bertz CT molecular complexity index is 959. The molecule has 1 aliphatic heterocycles. The molecule has 0 bridgehead atoms. The molecule has 126 valence electrons. The van der Waals surface area contributed by atoms with Crippen LogP contribution < -0.4 is 14.8 Å². The van der Waals surface area contributed by atoms with E-state index < -0.39 is 0 Å². The van der Waals surface area contributed by atoms with Crippen molar-refractivity contribution in [3.05, 3.63) is 45.5 Å². The molecule has 25 heavy (non-hydrogen) atoms. The maximum Gasteiger partial charge on any atom is 0.267 e. The van der Waals surface area contributed by atoms with Crippen molar-refractivity contribution in [1.29, 1.82) is 0 Å². The number of carbonyl (C=O) groups is 1. The van der Waals surface area contributed by atoms with Crippen LogP contribution in [0.3, 0.4) is 0 Å². The minimum absolute atomic E-state index is 0.0662. The van der Waals surface area contributed by atoms with Gasteiger partial charge >= 0.3 is 0 Å². The van der Waals surface area contributed by atoms with E-state index in [1.165, 1.54) is 41.1 Å². The van der Waals surface area contributed by atoms with Crippen molar-refractivity contribution in [2.45, 2.75) is 18.8 Å². The second-order valence-electron chi connectivity index (χ2n) is 6.04. The number of hydrogen-bond donors (Lipinski definition) is 1. The number of thiazole rings is 1. The topological polar surface area (TPSA) is 60.5 Å². The lowest BCUT2D eigenvalue weighted by molar-refractivity contribution is 0.102. The average Bonchev–Trinajstić information content (AvgIpc) is 3.06. The number of benzene rings is 1. The Morgan fingerprint density at radius 2 is 2.04 bits per heavy atom. The Labute approximate surface area is 152 Å². The van der Waals surface area contributed by atoms with Crippen LogP contribution in [0.2, 0.25) is 0 Å². The number of nitrogens with zero attached hydrogens (tertiary/aromatic N) is 1. The Kier molecular flexibility index (Phi) is 3.50. The normalized spacial score (nSPS) is 15.4. The van der Waals surface area contributed by atoms with Crippen molar-refractivity contribution in [2.24, 2.45) is 0 Å². The summed E-state index contributed by atoms with van der Waals surface area (Å²) < 4.78 is 10.7. The molecule has 0 saturated heterocycles. The van der Waals surface area contributed by atoms with Gasteiger partial charge in [0, 0.05) is 10.9 Å². The van der Waals surface area contributed by atoms with Crippen molar-refractivity contribution < 1.29 is 14.3 Å². The molecule has 0 radical (unpaired) electrons. The first-order valence-electron chi connectivity index (χ1n) is 8.02. The van der Waals surface area contributed by atoms with Gasteiger partial charge in [-0.25, -0.2) is 4.98 Å². The van der Waals surface area contributed by atoms with Crippen LogP contribution >= 0.6 is 22.7 Å². The minimum atomic E-state index is -0.0662. The van der Waals surface area contributed by atoms with Gasteiger partial charge in [-0.3, -0.25) is 10.1 Å². The van der Waals surface area contributed by atoms with E-state index in [1.807, 2.05) is 29.0 Å². The van der Waals surface area contributed by atoms with Gasteiger partial charge in [0.2, 0.25) is 6.79 Å². The third kappa shape index (κ3) is 2.79. The minimum Gasteiger partial charge on any atom is -0.454 e. The number of hydrogen-bond acceptors (Lipinski definition) is 6. The van der Waals surface area contributed by atoms with E-state index in [0.29, 0.717) is 11.0 Å². The predicted octanol–water partition coefficient (Wildman–Crippen LogP) is 4.73. The number of carbonyl (C=O) groups excluding carboxylic acids is 1. The van der Waals surface area contributed by atoms with Gasteiger partial charge in [0.05, 0.1) is 10.6 Å². The van der Waals surface area contributed by atoms with Crippen LogP contribution in [-0.4, -0.2) is 17.7 Å². The van der Waals surface area contributed by atoms with E-state index in [4.69, 9.17) is 9.47 Å². The highest BCUT2D eigenvalue weighted by Gasteiger charge is 2.29. The molecule has 0 atom stereocenters. The van der Waals surface area contributed by atoms with Crippen molar-refractivity contribution in [2.75, 3.05) is 12.1 Å². The fourth-order valence-corrected chi connectivity index (χ4v) is 4.49. The number of rotatable bonds is 4. The molecule has 1 aromatic carbocycles. The van der Waals surface area contributed by atoms with Gasteiger partial charge < -0.3 is 9.47 Å². The summed E-state index contributed by atoms with van der Waals surface area (Å²) in [6, 6.07) is 7.80. The molecule has 1 aliphatic carbocycles. The van der Waals surface area contributed by atoms with Crippen LogP contribution in [0.25, 0.3) is 11.3 Å². The maximum absolute atomic E-state index is 12.6. The van der Waals surface area contributed by atoms with E-state index in [2.05, 4.69) is 16.4 Å². The fourth-order valence-electron chi connectivity index (χ4n) is 2.89. The molecule has 3 aromatic rings. The Balaban J connectivity index is 1.36. The SMILES string of the molecule is O=C(Nc1nc(-c2ccc3c(c2)OCO3)cs1)c1sccc1C1CC1. The zero-order valence-corrected chi connectivity index (χ0v) is 14.8. The van der Waals surface area contributed by atoms with Gasteiger partial charge in [-0.15, -0.1) is 22.7 Å². The van der Waals surface area contributed by atoms with E-state index in [1.54, 1.807) is 0 Å². The number of nitrogens with one attached hydrogen (secondary N) is 1. The quantitative estimate of drug-likeness (QED) is 0.721. The molecule has 0 unspecified atom stereocenters. The predicted molar refractivity (Wildman–Crippen MR) is 97.9 cm³/mol. The number of anilines is 1. The summed E-state index contributed by atoms with van der Waals surface area (Å²) in [7, 11) is 0. The molecule has 5 nitrogen and oxygen atoms in total. The van der Waals surface area contributed by atoms with Crippen LogP contribution in [0.4, 0.5) is 5.13 Å². The largest absolute Gasteiger partial charge is 0.454 e. The monoisotopic (exact) mass is 370 g/mol. The molecule has 1 fully saturated rings. The fraction of sp³-hybridized carbons (Fsp3) is 0.222. The smallest absolute Gasteiger partial charge is 0.267 e. The highest BCUT2D eigenvalue weighted by atomic mass is 32.1. The second-order valence-corrected chi connectivity index (χ2v) is 7.81. The lowest BCUT2D eigenvalue weighted by Crippen LogP contribution is -2.11. The number of amides is 1. The van der Waals surface area contributed by atoms with Gasteiger partial charge in [0.15, 0.2) is 16.6 Å². The zero-order valence-electron chi connectivity index (χ0n) is 13.2. The van der Waals surface area contributed by atoms with Gasteiger partial charge in [0.25, 0.3) is 5.91 Å². The molecule has 5 rings (SSSR count). The number of aromatic nitrogens is 1. The van der Waals surface area contributed by atoms with Crippen LogP contribution in [0, 0.1) is 0 Å². The van der Waals surface area contributed by atoms with Gasteiger partial charge in [-0.2, -0.15) is 0 Å². The standard InChI is InChI=1S/C18H14N2O3S2/c21-17(16-12(5-6-24-16)10-1-2-10)20-18-19-13(8-25-18)11-3-4-14-15(7-11)23-9-22-14/h3-8,10H,1-2,9H2,(H,19,20,21). The van der Waals surface area contributed by atoms with Crippen LogP contribution in [-0.2, 0) is 0 Å². The molecule has 1 saturated carbocycles. The molecular weight excluding hydrogens is 356 g/mol. The number of thiophene rings is 1.